The maximum atomic E-state index is 5.91. The Balaban J connectivity index is 1.61. The summed E-state index contributed by atoms with van der Waals surface area (Å²) in [5.74, 6) is 0.945. The minimum atomic E-state index is 0.359. The number of fused-ring (bicyclic) bond motifs is 2. The summed E-state index contributed by atoms with van der Waals surface area (Å²) in [6, 6.07) is 8.82. The van der Waals surface area contributed by atoms with Crippen LogP contribution in [0.2, 0.25) is 0 Å². The van der Waals surface area contributed by atoms with Crippen molar-refractivity contribution in [2.75, 3.05) is 33.3 Å². The molecule has 0 spiro atoms. The predicted molar refractivity (Wildman–Crippen MR) is 83.7 cm³/mol. The minimum absolute atomic E-state index is 0.359. The Morgan fingerprint density at radius 1 is 1.24 bits per heavy atom. The van der Waals surface area contributed by atoms with Crippen LogP contribution in [0.4, 0.5) is 0 Å². The minimum Gasteiger partial charge on any atom is -0.494 e. The second kappa shape index (κ2) is 6.77. The maximum absolute atomic E-state index is 5.91. The average molecular weight is 290 g/mol. The van der Waals surface area contributed by atoms with E-state index in [1.807, 2.05) is 14.0 Å². The van der Waals surface area contributed by atoms with Crippen molar-refractivity contribution in [1.82, 2.24) is 10.2 Å². The van der Waals surface area contributed by atoms with Gasteiger partial charge in [-0.05, 0) is 44.5 Å². The van der Waals surface area contributed by atoms with Crippen molar-refractivity contribution in [2.45, 2.75) is 38.0 Å². The Labute approximate surface area is 127 Å². The van der Waals surface area contributed by atoms with Gasteiger partial charge in [-0.25, -0.2) is 0 Å². The van der Waals surface area contributed by atoms with Crippen molar-refractivity contribution in [3.8, 4) is 5.75 Å². The molecular formula is C17H26N2O2. The summed E-state index contributed by atoms with van der Waals surface area (Å²) in [5, 5.41) is 3.44. The summed E-state index contributed by atoms with van der Waals surface area (Å²) in [6.07, 6.45) is 3.38. The molecule has 1 aromatic rings. The number of nitrogens with one attached hydrogen (secondary N) is 1. The molecule has 3 rings (SSSR count). The van der Waals surface area contributed by atoms with Crippen LogP contribution >= 0.6 is 0 Å². The van der Waals surface area contributed by atoms with E-state index in [1.54, 1.807) is 0 Å². The summed E-state index contributed by atoms with van der Waals surface area (Å²) in [7, 11) is 2.04. The van der Waals surface area contributed by atoms with Gasteiger partial charge in [-0.2, -0.15) is 0 Å². The summed E-state index contributed by atoms with van der Waals surface area (Å²) in [6.45, 7) is 5.92. The molecule has 4 heteroatoms. The lowest BCUT2D eigenvalue weighted by Gasteiger charge is -2.34. The first-order valence-corrected chi connectivity index (χ1v) is 8.06. The van der Waals surface area contributed by atoms with Gasteiger partial charge in [0.25, 0.3) is 0 Å². The predicted octanol–water partition coefficient (Wildman–Crippen LogP) is 2.21. The van der Waals surface area contributed by atoms with Crippen LogP contribution in [0.15, 0.2) is 24.3 Å². The topological polar surface area (TPSA) is 33.7 Å². The second-order valence-electron chi connectivity index (χ2n) is 6.02. The molecule has 0 radical (unpaired) electrons. The van der Waals surface area contributed by atoms with Gasteiger partial charge in [-0.3, -0.25) is 4.90 Å². The number of benzene rings is 1. The van der Waals surface area contributed by atoms with E-state index in [4.69, 9.17) is 9.47 Å². The molecule has 0 aliphatic carbocycles. The lowest BCUT2D eigenvalue weighted by molar-refractivity contribution is -0.0405. The average Bonchev–Trinajstić information content (AvgIpc) is 2.85. The number of ether oxygens (including phenoxy) is 2. The Bertz CT molecular complexity index is 437. The van der Waals surface area contributed by atoms with Crippen molar-refractivity contribution in [3.05, 3.63) is 29.8 Å². The summed E-state index contributed by atoms with van der Waals surface area (Å²) >= 11 is 0. The van der Waals surface area contributed by atoms with Gasteiger partial charge in [0.2, 0.25) is 0 Å². The number of morpholine rings is 1. The summed E-state index contributed by atoms with van der Waals surface area (Å²) in [5.41, 5.74) is 1.32. The Kier molecular flexibility index (Phi) is 4.78. The van der Waals surface area contributed by atoms with Gasteiger partial charge in [0.05, 0.1) is 18.8 Å². The first-order chi connectivity index (χ1) is 10.3. The van der Waals surface area contributed by atoms with Gasteiger partial charge in [0.1, 0.15) is 5.75 Å². The highest BCUT2D eigenvalue weighted by molar-refractivity contribution is 5.29. The highest BCUT2D eigenvalue weighted by Gasteiger charge is 2.34. The molecule has 2 saturated heterocycles. The van der Waals surface area contributed by atoms with Crippen molar-refractivity contribution in [3.63, 3.8) is 0 Å². The van der Waals surface area contributed by atoms with E-state index in [9.17, 15) is 0 Å². The van der Waals surface area contributed by atoms with Crippen molar-refractivity contribution in [2.24, 2.45) is 0 Å². The number of rotatable bonds is 6. The van der Waals surface area contributed by atoms with E-state index < -0.39 is 0 Å². The fourth-order valence-corrected chi connectivity index (χ4v) is 3.43. The van der Waals surface area contributed by atoms with Crippen molar-refractivity contribution < 1.29 is 9.47 Å². The van der Waals surface area contributed by atoms with Crippen LogP contribution in [0.3, 0.4) is 0 Å². The zero-order valence-corrected chi connectivity index (χ0v) is 13.0. The molecule has 2 aliphatic rings. The fraction of sp³-hybridized carbons (Fsp3) is 0.647. The van der Waals surface area contributed by atoms with Crippen LogP contribution < -0.4 is 10.1 Å². The number of likely N-dealkylation sites (N-methyl/N-ethyl adjacent to an activating group) is 1. The lowest BCUT2D eigenvalue weighted by atomic mass is 10.1. The molecule has 3 unspecified atom stereocenters. The van der Waals surface area contributed by atoms with Crippen LogP contribution in [0, 0.1) is 0 Å². The molecule has 2 bridgehead atoms. The van der Waals surface area contributed by atoms with E-state index in [2.05, 4.69) is 34.5 Å². The van der Waals surface area contributed by atoms with Crippen LogP contribution in [0.1, 0.15) is 31.4 Å². The quantitative estimate of drug-likeness (QED) is 0.871. The van der Waals surface area contributed by atoms with Gasteiger partial charge >= 0.3 is 0 Å². The third-order valence-corrected chi connectivity index (χ3v) is 4.50. The SMILES string of the molecule is CCOc1ccc(C(CN2CC3CCC(C2)O3)NC)cc1. The molecule has 0 saturated carbocycles. The van der Waals surface area contributed by atoms with Crippen LogP contribution in [-0.4, -0.2) is 50.4 Å². The van der Waals surface area contributed by atoms with Crippen LogP contribution in [0.5, 0.6) is 5.75 Å². The van der Waals surface area contributed by atoms with Crippen molar-refractivity contribution in [1.29, 1.82) is 0 Å². The molecule has 0 amide bonds. The van der Waals surface area contributed by atoms with Crippen LogP contribution in [0.25, 0.3) is 0 Å². The molecule has 0 aromatic heterocycles. The van der Waals surface area contributed by atoms with E-state index in [0.29, 0.717) is 24.9 Å². The van der Waals surface area contributed by atoms with E-state index in [0.717, 1.165) is 25.4 Å². The third kappa shape index (κ3) is 3.57. The Morgan fingerprint density at radius 2 is 1.90 bits per heavy atom. The molecular weight excluding hydrogens is 264 g/mol. The molecule has 4 nitrogen and oxygen atoms in total. The molecule has 116 valence electrons. The summed E-state index contributed by atoms with van der Waals surface area (Å²) < 4.78 is 11.4. The number of hydrogen-bond acceptors (Lipinski definition) is 4. The summed E-state index contributed by atoms with van der Waals surface area (Å²) in [4.78, 5) is 2.55. The van der Waals surface area contributed by atoms with Gasteiger partial charge < -0.3 is 14.8 Å². The number of hydrogen-bond donors (Lipinski definition) is 1. The molecule has 2 heterocycles. The Hall–Kier alpha value is -1.10. The smallest absolute Gasteiger partial charge is 0.119 e. The Morgan fingerprint density at radius 3 is 2.48 bits per heavy atom. The molecule has 2 fully saturated rings. The standard InChI is InChI=1S/C17H26N2O2/c1-3-20-14-6-4-13(5-7-14)17(18-2)12-19-10-15-8-9-16(11-19)21-15/h4-7,15-18H,3,8-12H2,1-2H3. The van der Waals surface area contributed by atoms with Gasteiger partial charge in [-0.15, -0.1) is 0 Å². The highest BCUT2D eigenvalue weighted by atomic mass is 16.5. The van der Waals surface area contributed by atoms with Gasteiger partial charge in [-0.1, -0.05) is 12.1 Å². The van der Waals surface area contributed by atoms with E-state index in [-0.39, 0.29) is 0 Å². The number of nitrogens with zero attached hydrogens (tertiary/aromatic N) is 1. The number of likely N-dealkylation sites (tertiary alicyclic amines) is 1. The molecule has 1 N–H and O–H groups in total. The zero-order valence-electron chi connectivity index (χ0n) is 13.0. The van der Waals surface area contributed by atoms with Gasteiger partial charge in [0, 0.05) is 25.7 Å². The molecule has 2 aliphatic heterocycles. The maximum Gasteiger partial charge on any atom is 0.119 e. The third-order valence-electron chi connectivity index (χ3n) is 4.50. The fourth-order valence-electron chi connectivity index (χ4n) is 3.43. The lowest BCUT2D eigenvalue weighted by Crippen LogP contribution is -2.45. The largest absolute Gasteiger partial charge is 0.494 e. The second-order valence-corrected chi connectivity index (χ2v) is 6.02. The first-order valence-electron chi connectivity index (χ1n) is 8.06. The first kappa shape index (κ1) is 14.8. The van der Waals surface area contributed by atoms with E-state index >= 15 is 0 Å². The van der Waals surface area contributed by atoms with Gasteiger partial charge in [0.15, 0.2) is 0 Å². The van der Waals surface area contributed by atoms with Crippen molar-refractivity contribution >= 4 is 0 Å². The monoisotopic (exact) mass is 290 g/mol. The van der Waals surface area contributed by atoms with Crippen LogP contribution in [-0.2, 0) is 4.74 Å². The van der Waals surface area contributed by atoms with E-state index in [1.165, 1.54) is 18.4 Å². The zero-order chi connectivity index (χ0) is 14.7. The normalized spacial score (nSPS) is 26.8. The highest BCUT2D eigenvalue weighted by Crippen LogP contribution is 2.27. The molecule has 21 heavy (non-hydrogen) atoms. The molecule has 3 atom stereocenters. The molecule has 1 aromatic carbocycles.